The SMILES string of the molecule is Cc1cccc(CN(C(=O)CN(c2cccc(Cl)c2C)S(C)(=O)=O)[C@H](Cc2ccccc2)C(=O)NC2CCCC2)c1. The van der Waals surface area contributed by atoms with Crippen LogP contribution in [-0.4, -0.2) is 50.0 Å². The number of nitrogens with zero attached hydrogens (tertiary/aromatic N) is 2. The van der Waals surface area contributed by atoms with Crippen LogP contribution in [0, 0.1) is 13.8 Å². The van der Waals surface area contributed by atoms with Gasteiger partial charge in [-0.1, -0.05) is 90.7 Å². The number of aryl methyl sites for hydroxylation is 1. The van der Waals surface area contributed by atoms with Gasteiger partial charge in [0, 0.05) is 24.0 Å². The van der Waals surface area contributed by atoms with E-state index < -0.39 is 28.5 Å². The molecule has 0 aliphatic heterocycles. The first-order valence-corrected chi connectivity index (χ1v) is 16.2. The lowest BCUT2D eigenvalue weighted by Crippen LogP contribution is -2.54. The first kappa shape index (κ1) is 30.6. The van der Waals surface area contributed by atoms with E-state index >= 15 is 0 Å². The first-order valence-electron chi connectivity index (χ1n) is 13.9. The molecule has 0 spiro atoms. The van der Waals surface area contributed by atoms with Gasteiger partial charge in [-0.2, -0.15) is 0 Å². The minimum absolute atomic E-state index is 0.0679. The average molecular weight is 596 g/mol. The molecule has 0 bridgehead atoms. The zero-order valence-electron chi connectivity index (χ0n) is 23.8. The molecule has 1 aliphatic carbocycles. The van der Waals surface area contributed by atoms with E-state index in [1.807, 2.05) is 61.5 Å². The van der Waals surface area contributed by atoms with Crippen molar-refractivity contribution in [3.05, 3.63) is 100 Å². The summed E-state index contributed by atoms with van der Waals surface area (Å²) in [6.07, 6.45) is 5.30. The number of carbonyl (C=O) groups is 2. The minimum atomic E-state index is -3.86. The Kier molecular flexibility index (Phi) is 10.1. The highest BCUT2D eigenvalue weighted by molar-refractivity contribution is 7.92. The van der Waals surface area contributed by atoms with E-state index in [2.05, 4.69) is 5.32 Å². The Morgan fingerprint density at radius 1 is 0.951 bits per heavy atom. The number of carbonyl (C=O) groups excluding carboxylic acids is 2. The van der Waals surface area contributed by atoms with Gasteiger partial charge in [0.2, 0.25) is 21.8 Å². The summed E-state index contributed by atoms with van der Waals surface area (Å²) in [6.45, 7) is 3.38. The van der Waals surface area contributed by atoms with Crippen LogP contribution < -0.4 is 9.62 Å². The summed E-state index contributed by atoms with van der Waals surface area (Å²) in [4.78, 5) is 29.7. The van der Waals surface area contributed by atoms with Gasteiger partial charge in [-0.3, -0.25) is 13.9 Å². The maximum absolute atomic E-state index is 14.2. The Morgan fingerprint density at radius 3 is 2.27 bits per heavy atom. The fourth-order valence-electron chi connectivity index (χ4n) is 5.39. The third-order valence-electron chi connectivity index (χ3n) is 7.60. The Balaban J connectivity index is 1.74. The van der Waals surface area contributed by atoms with Crippen LogP contribution in [0.15, 0.2) is 72.8 Å². The van der Waals surface area contributed by atoms with Gasteiger partial charge in [-0.15, -0.1) is 0 Å². The molecule has 0 saturated heterocycles. The Bertz CT molecular complexity index is 1470. The minimum Gasteiger partial charge on any atom is -0.352 e. The summed E-state index contributed by atoms with van der Waals surface area (Å²) in [5.74, 6) is -0.703. The van der Waals surface area contributed by atoms with E-state index in [1.54, 1.807) is 25.1 Å². The van der Waals surface area contributed by atoms with Crippen LogP contribution in [0.4, 0.5) is 5.69 Å². The highest BCUT2D eigenvalue weighted by Crippen LogP contribution is 2.29. The van der Waals surface area contributed by atoms with Crippen LogP contribution in [0.2, 0.25) is 5.02 Å². The number of rotatable bonds is 11. The largest absolute Gasteiger partial charge is 0.352 e. The van der Waals surface area contributed by atoms with Crippen molar-refractivity contribution in [2.45, 2.75) is 64.6 Å². The summed E-state index contributed by atoms with van der Waals surface area (Å²) in [5.41, 5.74) is 3.68. The summed E-state index contributed by atoms with van der Waals surface area (Å²) >= 11 is 6.32. The molecule has 3 aromatic carbocycles. The molecule has 1 saturated carbocycles. The van der Waals surface area contributed by atoms with E-state index in [1.165, 1.54) is 4.90 Å². The van der Waals surface area contributed by atoms with E-state index in [0.29, 0.717) is 22.7 Å². The van der Waals surface area contributed by atoms with Crippen LogP contribution in [0.5, 0.6) is 0 Å². The second kappa shape index (κ2) is 13.5. The number of sulfonamides is 1. The molecular formula is C32H38ClN3O4S. The third-order valence-corrected chi connectivity index (χ3v) is 9.13. The highest BCUT2D eigenvalue weighted by atomic mass is 35.5. The van der Waals surface area contributed by atoms with Crippen LogP contribution >= 0.6 is 11.6 Å². The normalized spacial score (nSPS) is 14.4. The summed E-state index contributed by atoms with van der Waals surface area (Å²) in [6, 6.07) is 21.6. The first-order chi connectivity index (χ1) is 19.5. The second-order valence-electron chi connectivity index (χ2n) is 10.9. The lowest BCUT2D eigenvalue weighted by molar-refractivity contribution is -0.140. The topological polar surface area (TPSA) is 86.8 Å². The quantitative estimate of drug-likeness (QED) is 0.321. The van der Waals surface area contributed by atoms with Crippen molar-refractivity contribution in [2.24, 2.45) is 0 Å². The van der Waals surface area contributed by atoms with Gasteiger partial charge in [-0.05, 0) is 55.5 Å². The molecule has 0 radical (unpaired) electrons. The number of benzene rings is 3. The van der Waals surface area contributed by atoms with Gasteiger partial charge < -0.3 is 10.2 Å². The standard InChI is InChI=1S/C32H38ClN3O4S/c1-23-11-9-14-26(19-23)21-35(31(37)22-36(41(3,39)40)29-18-10-17-28(33)24(29)2)30(20-25-12-5-4-6-13-25)32(38)34-27-15-7-8-16-27/h4-6,9-14,17-19,27,30H,7-8,15-16,20-22H2,1-3H3,(H,34,38)/t30-/m1/s1. The second-order valence-corrected chi connectivity index (χ2v) is 13.2. The molecule has 9 heteroatoms. The van der Waals surface area contributed by atoms with Gasteiger partial charge in [0.1, 0.15) is 12.6 Å². The number of halogens is 1. The molecule has 218 valence electrons. The number of amides is 2. The molecule has 0 aromatic heterocycles. The molecule has 7 nitrogen and oxygen atoms in total. The van der Waals surface area contributed by atoms with E-state index in [0.717, 1.165) is 52.9 Å². The third kappa shape index (κ3) is 8.11. The predicted octanol–water partition coefficient (Wildman–Crippen LogP) is 5.42. The zero-order valence-corrected chi connectivity index (χ0v) is 25.4. The number of anilines is 1. The van der Waals surface area contributed by atoms with Crippen molar-refractivity contribution in [2.75, 3.05) is 17.1 Å². The van der Waals surface area contributed by atoms with Crippen molar-refractivity contribution in [1.29, 1.82) is 0 Å². The van der Waals surface area contributed by atoms with Crippen LogP contribution in [0.1, 0.15) is 47.9 Å². The van der Waals surface area contributed by atoms with Gasteiger partial charge >= 0.3 is 0 Å². The molecule has 0 unspecified atom stereocenters. The van der Waals surface area contributed by atoms with Crippen molar-refractivity contribution < 1.29 is 18.0 Å². The van der Waals surface area contributed by atoms with Gasteiger partial charge in [0.05, 0.1) is 11.9 Å². The van der Waals surface area contributed by atoms with E-state index in [-0.39, 0.29) is 18.5 Å². The average Bonchev–Trinajstić information content (AvgIpc) is 3.44. The van der Waals surface area contributed by atoms with Crippen LogP contribution in [-0.2, 0) is 32.6 Å². The van der Waals surface area contributed by atoms with Gasteiger partial charge in [-0.25, -0.2) is 8.42 Å². The molecule has 41 heavy (non-hydrogen) atoms. The Hall–Kier alpha value is -3.36. The molecule has 2 amide bonds. The van der Waals surface area contributed by atoms with Crippen molar-refractivity contribution in [1.82, 2.24) is 10.2 Å². The molecule has 1 atom stereocenters. The Labute approximate surface area is 248 Å². The molecule has 1 fully saturated rings. The smallest absolute Gasteiger partial charge is 0.244 e. The lowest BCUT2D eigenvalue weighted by Gasteiger charge is -2.34. The fourth-order valence-corrected chi connectivity index (χ4v) is 6.46. The predicted molar refractivity (Wildman–Crippen MR) is 164 cm³/mol. The van der Waals surface area contributed by atoms with E-state index in [4.69, 9.17) is 11.6 Å². The zero-order chi connectivity index (χ0) is 29.6. The maximum atomic E-state index is 14.2. The van der Waals surface area contributed by atoms with Crippen LogP contribution in [0.3, 0.4) is 0 Å². The molecule has 4 rings (SSSR count). The summed E-state index contributed by atoms with van der Waals surface area (Å²) in [7, 11) is -3.86. The Morgan fingerprint density at radius 2 is 1.61 bits per heavy atom. The number of nitrogens with one attached hydrogen (secondary N) is 1. The monoisotopic (exact) mass is 595 g/mol. The summed E-state index contributed by atoms with van der Waals surface area (Å²) in [5, 5.41) is 3.58. The molecular weight excluding hydrogens is 558 g/mol. The molecule has 3 aromatic rings. The van der Waals surface area contributed by atoms with Crippen molar-refractivity contribution in [3.8, 4) is 0 Å². The molecule has 1 aliphatic rings. The van der Waals surface area contributed by atoms with Crippen molar-refractivity contribution >= 4 is 39.1 Å². The van der Waals surface area contributed by atoms with Crippen LogP contribution in [0.25, 0.3) is 0 Å². The lowest BCUT2D eigenvalue weighted by atomic mass is 10.0. The van der Waals surface area contributed by atoms with E-state index in [9.17, 15) is 18.0 Å². The van der Waals surface area contributed by atoms with Gasteiger partial charge in [0.25, 0.3) is 0 Å². The van der Waals surface area contributed by atoms with Crippen molar-refractivity contribution in [3.63, 3.8) is 0 Å². The fraction of sp³-hybridized carbons (Fsp3) is 0.375. The molecule has 1 N–H and O–H groups in total. The highest BCUT2D eigenvalue weighted by Gasteiger charge is 2.34. The maximum Gasteiger partial charge on any atom is 0.244 e. The number of hydrogen-bond acceptors (Lipinski definition) is 4. The number of hydrogen-bond donors (Lipinski definition) is 1. The summed E-state index contributed by atoms with van der Waals surface area (Å²) < 4.78 is 27.1. The van der Waals surface area contributed by atoms with Gasteiger partial charge in [0.15, 0.2) is 0 Å². The molecule has 0 heterocycles.